The zero-order chi connectivity index (χ0) is 16.9. The van der Waals surface area contributed by atoms with E-state index in [4.69, 9.17) is 9.47 Å². The van der Waals surface area contributed by atoms with Crippen LogP contribution in [0.15, 0.2) is 47.4 Å². The molecule has 0 spiro atoms. The van der Waals surface area contributed by atoms with Crippen LogP contribution in [-0.2, 0) is 16.4 Å². The molecule has 0 saturated heterocycles. The summed E-state index contributed by atoms with van der Waals surface area (Å²) in [6.07, 6.45) is 0.623. The third-order valence-electron chi connectivity index (χ3n) is 3.49. The first-order chi connectivity index (χ1) is 11.0. The molecule has 0 unspecified atom stereocenters. The molecular formula is C17H21NO4S. The van der Waals surface area contributed by atoms with Crippen LogP contribution in [0.4, 0.5) is 0 Å². The van der Waals surface area contributed by atoms with Gasteiger partial charge in [0.15, 0.2) is 0 Å². The van der Waals surface area contributed by atoms with Gasteiger partial charge in [-0.3, -0.25) is 0 Å². The lowest BCUT2D eigenvalue weighted by Crippen LogP contribution is -2.26. The molecule has 0 aliphatic rings. The number of ether oxygens (including phenoxy) is 2. The topological polar surface area (TPSA) is 64.6 Å². The quantitative estimate of drug-likeness (QED) is 0.844. The van der Waals surface area contributed by atoms with Crippen molar-refractivity contribution >= 4 is 10.0 Å². The van der Waals surface area contributed by atoms with Gasteiger partial charge in [0.05, 0.1) is 14.2 Å². The number of aryl methyl sites for hydroxylation is 1. The standard InChI is InChI=1S/C17H21NO4S/c1-13-4-6-14(7-5-13)10-11-18-23(19,20)17-9-8-15(21-2)12-16(17)22-3/h4-9,12,18H,10-11H2,1-3H3. The molecule has 23 heavy (non-hydrogen) atoms. The highest BCUT2D eigenvalue weighted by molar-refractivity contribution is 7.89. The second kappa shape index (κ2) is 7.48. The van der Waals surface area contributed by atoms with Crippen LogP contribution in [-0.4, -0.2) is 29.2 Å². The Morgan fingerprint density at radius 2 is 1.70 bits per heavy atom. The first-order valence-corrected chi connectivity index (χ1v) is 8.72. The maximum atomic E-state index is 12.4. The van der Waals surface area contributed by atoms with Crippen molar-refractivity contribution in [1.29, 1.82) is 0 Å². The fraction of sp³-hybridized carbons (Fsp3) is 0.294. The van der Waals surface area contributed by atoms with Crippen molar-refractivity contribution in [3.05, 3.63) is 53.6 Å². The number of sulfonamides is 1. The summed E-state index contributed by atoms with van der Waals surface area (Å²) in [5.41, 5.74) is 2.26. The normalized spacial score (nSPS) is 11.3. The van der Waals surface area contributed by atoms with Gasteiger partial charge in [-0.05, 0) is 31.0 Å². The fourth-order valence-electron chi connectivity index (χ4n) is 2.16. The third-order valence-corrected chi connectivity index (χ3v) is 4.99. The average Bonchev–Trinajstić information content (AvgIpc) is 2.55. The maximum absolute atomic E-state index is 12.4. The van der Waals surface area contributed by atoms with Crippen molar-refractivity contribution in [1.82, 2.24) is 4.72 Å². The highest BCUT2D eigenvalue weighted by Crippen LogP contribution is 2.28. The minimum absolute atomic E-state index is 0.102. The molecule has 124 valence electrons. The number of benzene rings is 2. The number of methoxy groups -OCH3 is 2. The first kappa shape index (κ1) is 17.3. The van der Waals surface area contributed by atoms with Crippen LogP contribution in [0.3, 0.4) is 0 Å². The third kappa shape index (κ3) is 4.46. The van der Waals surface area contributed by atoms with E-state index in [2.05, 4.69) is 4.72 Å². The summed E-state index contributed by atoms with van der Waals surface area (Å²) >= 11 is 0. The number of hydrogen-bond donors (Lipinski definition) is 1. The van der Waals surface area contributed by atoms with E-state index in [9.17, 15) is 8.42 Å². The summed E-state index contributed by atoms with van der Waals surface area (Å²) in [5.74, 6) is 0.799. The molecule has 2 aromatic rings. The van der Waals surface area contributed by atoms with Crippen molar-refractivity contribution in [3.8, 4) is 11.5 Å². The molecule has 1 N–H and O–H groups in total. The van der Waals surface area contributed by atoms with Crippen LogP contribution in [0.1, 0.15) is 11.1 Å². The number of nitrogens with one attached hydrogen (secondary N) is 1. The molecule has 5 nitrogen and oxygen atoms in total. The lowest BCUT2D eigenvalue weighted by Gasteiger charge is -2.12. The molecule has 0 aromatic heterocycles. The van der Waals surface area contributed by atoms with Crippen LogP contribution < -0.4 is 14.2 Å². The summed E-state index contributed by atoms with van der Waals surface area (Å²) in [5, 5.41) is 0. The lowest BCUT2D eigenvalue weighted by atomic mass is 10.1. The number of hydrogen-bond acceptors (Lipinski definition) is 4. The average molecular weight is 335 g/mol. The van der Waals surface area contributed by atoms with Gasteiger partial charge in [-0.25, -0.2) is 13.1 Å². The molecular weight excluding hydrogens is 314 g/mol. The fourth-order valence-corrected chi connectivity index (χ4v) is 3.34. The van der Waals surface area contributed by atoms with E-state index < -0.39 is 10.0 Å². The molecule has 0 bridgehead atoms. The van der Waals surface area contributed by atoms with Gasteiger partial charge >= 0.3 is 0 Å². The smallest absolute Gasteiger partial charge is 0.244 e. The van der Waals surface area contributed by atoms with E-state index in [1.807, 2.05) is 31.2 Å². The molecule has 2 aromatic carbocycles. The van der Waals surface area contributed by atoms with Crippen LogP contribution in [0.25, 0.3) is 0 Å². The van der Waals surface area contributed by atoms with Crippen molar-refractivity contribution in [2.24, 2.45) is 0 Å². The predicted octanol–water partition coefficient (Wildman–Crippen LogP) is 2.53. The summed E-state index contributed by atoms with van der Waals surface area (Å²) in [6, 6.07) is 12.6. The molecule has 0 atom stereocenters. The van der Waals surface area contributed by atoms with Crippen LogP contribution in [0.2, 0.25) is 0 Å². The SMILES string of the molecule is COc1ccc(S(=O)(=O)NCCc2ccc(C)cc2)c(OC)c1. The zero-order valence-electron chi connectivity index (χ0n) is 13.5. The van der Waals surface area contributed by atoms with Crippen LogP contribution >= 0.6 is 0 Å². The van der Waals surface area contributed by atoms with E-state index in [0.29, 0.717) is 18.7 Å². The Kier molecular flexibility index (Phi) is 5.63. The van der Waals surface area contributed by atoms with Gasteiger partial charge in [0.25, 0.3) is 0 Å². The van der Waals surface area contributed by atoms with Crippen LogP contribution in [0, 0.1) is 6.92 Å². The van der Waals surface area contributed by atoms with Crippen molar-refractivity contribution in [3.63, 3.8) is 0 Å². The van der Waals surface area contributed by atoms with Crippen molar-refractivity contribution in [2.75, 3.05) is 20.8 Å². The second-order valence-electron chi connectivity index (χ2n) is 5.15. The van der Waals surface area contributed by atoms with Crippen LogP contribution in [0.5, 0.6) is 11.5 Å². The summed E-state index contributed by atoms with van der Waals surface area (Å²) in [4.78, 5) is 0.102. The minimum atomic E-state index is -3.64. The van der Waals surface area contributed by atoms with Gasteiger partial charge in [0, 0.05) is 12.6 Å². The van der Waals surface area contributed by atoms with Gasteiger partial charge in [0.1, 0.15) is 16.4 Å². The molecule has 2 rings (SSSR count). The Bertz CT molecular complexity index is 755. The van der Waals surface area contributed by atoms with Crippen molar-refractivity contribution in [2.45, 2.75) is 18.2 Å². The highest BCUT2D eigenvalue weighted by atomic mass is 32.2. The predicted molar refractivity (Wildman–Crippen MR) is 89.6 cm³/mol. The molecule has 0 aliphatic heterocycles. The summed E-state index contributed by atoms with van der Waals surface area (Å²) < 4.78 is 37.7. The monoisotopic (exact) mass is 335 g/mol. The maximum Gasteiger partial charge on any atom is 0.244 e. The zero-order valence-corrected chi connectivity index (χ0v) is 14.3. The Labute approximate surface area is 137 Å². The number of rotatable bonds is 7. The minimum Gasteiger partial charge on any atom is -0.497 e. The summed E-state index contributed by atoms with van der Waals surface area (Å²) in [6.45, 7) is 2.34. The van der Waals surface area contributed by atoms with Crippen molar-refractivity contribution < 1.29 is 17.9 Å². The molecule has 0 radical (unpaired) electrons. The van der Waals surface area contributed by atoms with E-state index in [0.717, 1.165) is 5.56 Å². The largest absolute Gasteiger partial charge is 0.497 e. The molecule has 0 heterocycles. The van der Waals surface area contributed by atoms with Gasteiger partial charge in [0.2, 0.25) is 10.0 Å². The van der Waals surface area contributed by atoms with E-state index >= 15 is 0 Å². The summed E-state index contributed by atoms with van der Waals surface area (Å²) in [7, 11) is -0.690. The van der Waals surface area contributed by atoms with Gasteiger partial charge < -0.3 is 9.47 Å². The Balaban J connectivity index is 2.08. The second-order valence-corrected chi connectivity index (χ2v) is 6.89. The molecule has 0 fully saturated rings. The molecule has 0 aliphatic carbocycles. The highest BCUT2D eigenvalue weighted by Gasteiger charge is 2.19. The molecule has 0 saturated carbocycles. The van der Waals surface area contributed by atoms with E-state index in [1.165, 1.54) is 25.8 Å². The molecule has 0 amide bonds. The lowest BCUT2D eigenvalue weighted by molar-refractivity contribution is 0.386. The van der Waals surface area contributed by atoms with E-state index in [-0.39, 0.29) is 10.6 Å². The van der Waals surface area contributed by atoms with Gasteiger partial charge in [-0.1, -0.05) is 29.8 Å². The van der Waals surface area contributed by atoms with E-state index in [1.54, 1.807) is 12.1 Å². The Morgan fingerprint density at radius 1 is 1.00 bits per heavy atom. The van der Waals surface area contributed by atoms with Gasteiger partial charge in [-0.15, -0.1) is 0 Å². The molecule has 6 heteroatoms. The van der Waals surface area contributed by atoms with Gasteiger partial charge in [-0.2, -0.15) is 0 Å². The first-order valence-electron chi connectivity index (χ1n) is 7.23. The Morgan fingerprint density at radius 3 is 2.30 bits per heavy atom. The Hall–Kier alpha value is -2.05.